The Hall–Kier alpha value is -2.28. The van der Waals surface area contributed by atoms with E-state index in [1.165, 1.54) is 4.90 Å². The lowest BCUT2D eigenvalue weighted by molar-refractivity contribution is -0.139. The molecule has 2 amide bonds. The lowest BCUT2D eigenvalue weighted by Gasteiger charge is -2.35. The van der Waals surface area contributed by atoms with Crippen LogP contribution in [0.15, 0.2) is 30.3 Å². The van der Waals surface area contributed by atoms with E-state index >= 15 is 0 Å². The predicted molar refractivity (Wildman–Crippen MR) is 104 cm³/mol. The number of fused-ring (bicyclic) bond motifs is 1. The summed E-state index contributed by atoms with van der Waals surface area (Å²) in [5.41, 5.74) is 0.470. The summed E-state index contributed by atoms with van der Waals surface area (Å²) in [4.78, 5) is 39.8. The maximum atomic E-state index is 14.4. The van der Waals surface area contributed by atoms with Gasteiger partial charge in [0.2, 0.25) is 5.91 Å². The first-order valence-electron chi connectivity index (χ1n) is 10.4. The van der Waals surface area contributed by atoms with E-state index in [0.717, 1.165) is 25.7 Å². The van der Waals surface area contributed by atoms with E-state index in [0.29, 0.717) is 11.5 Å². The van der Waals surface area contributed by atoms with Crippen LogP contribution < -0.4 is 5.32 Å². The van der Waals surface area contributed by atoms with Gasteiger partial charge < -0.3 is 15.0 Å². The third-order valence-electron chi connectivity index (χ3n) is 6.53. The molecule has 2 heterocycles. The molecule has 6 nitrogen and oxygen atoms in total. The van der Waals surface area contributed by atoms with Crippen LogP contribution in [-0.2, 0) is 14.3 Å². The SMILES string of the molecule is C[C@H]1CC[C@H](C(NC(=O)c2ccccc2)C(=O)N2C[C@H](F)[C@H]3OCC(=O)[C@H]32)CC1. The number of Topliss-reactive ketones (excluding diaryl/α,β-unsaturated/α-hetero) is 1. The molecule has 1 N–H and O–H groups in total. The first-order valence-corrected chi connectivity index (χ1v) is 10.4. The minimum atomic E-state index is -1.38. The van der Waals surface area contributed by atoms with Gasteiger partial charge in [-0.2, -0.15) is 0 Å². The van der Waals surface area contributed by atoms with Crippen molar-refractivity contribution < 1.29 is 23.5 Å². The van der Waals surface area contributed by atoms with Crippen LogP contribution in [0.25, 0.3) is 0 Å². The number of nitrogens with zero attached hydrogens (tertiary/aromatic N) is 1. The summed E-state index contributed by atoms with van der Waals surface area (Å²) < 4.78 is 19.7. The molecular formula is C22H27FN2O4. The molecule has 2 saturated heterocycles. The van der Waals surface area contributed by atoms with Crippen LogP contribution in [0, 0.1) is 11.8 Å². The Bertz CT molecular complexity index is 778. The number of alkyl halides is 1. The first-order chi connectivity index (χ1) is 14.0. The lowest BCUT2D eigenvalue weighted by Crippen LogP contribution is -2.55. The predicted octanol–water partition coefficient (Wildman–Crippen LogP) is 2.13. The molecule has 4 rings (SSSR count). The lowest BCUT2D eigenvalue weighted by atomic mass is 9.78. The minimum absolute atomic E-state index is 0.0269. The number of benzene rings is 1. The highest BCUT2D eigenvalue weighted by Crippen LogP contribution is 2.34. The highest BCUT2D eigenvalue weighted by molar-refractivity contribution is 5.99. The van der Waals surface area contributed by atoms with Gasteiger partial charge >= 0.3 is 0 Å². The fourth-order valence-corrected chi connectivity index (χ4v) is 4.82. The van der Waals surface area contributed by atoms with Crippen molar-refractivity contribution in [2.75, 3.05) is 13.2 Å². The van der Waals surface area contributed by atoms with Gasteiger partial charge in [0.1, 0.15) is 31.0 Å². The van der Waals surface area contributed by atoms with E-state index in [9.17, 15) is 18.8 Å². The number of nitrogens with one attached hydrogen (secondary N) is 1. The Labute approximate surface area is 169 Å². The number of ether oxygens (including phenoxy) is 1. The van der Waals surface area contributed by atoms with Gasteiger partial charge in [0, 0.05) is 5.56 Å². The molecule has 0 aromatic heterocycles. The number of hydrogen-bond donors (Lipinski definition) is 1. The van der Waals surface area contributed by atoms with Crippen LogP contribution in [-0.4, -0.2) is 60.0 Å². The zero-order chi connectivity index (χ0) is 20.5. The van der Waals surface area contributed by atoms with Gasteiger partial charge in [-0.15, -0.1) is 0 Å². The van der Waals surface area contributed by atoms with Gasteiger partial charge in [-0.25, -0.2) is 4.39 Å². The standard InChI is InChI=1S/C22H27FN2O4/c1-13-7-9-14(10-8-13)18(24-21(27)15-5-3-2-4-6-15)22(28)25-11-16(23)20-19(25)17(26)12-29-20/h2-6,13-14,16,18-20H,7-12H2,1H3,(H,24,27)/t13-,14-,16-,18?,19+,20+/m0/s1. The molecule has 1 aromatic rings. The number of halogens is 1. The number of likely N-dealkylation sites (tertiary alicyclic amines) is 1. The molecule has 29 heavy (non-hydrogen) atoms. The summed E-state index contributed by atoms with van der Waals surface area (Å²) in [6, 6.07) is 7.09. The fraction of sp³-hybridized carbons (Fsp3) is 0.591. The molecule has 0 bridgehead atoms. The quantitative estimate of drug-likeness (QED) is 0.837. The van der Waals surface area contributed by atoms with Gasteiger partial charge in [0.05, 0.1) is 6.54 Å². The molecule has 2 aliphatic heterocycles. The largest absolute Gasteiger partial charge is 0.365 e. The number of hydrogen-bond acceptors (Lipinski definition) is 4. The van der Waals surface area contributed by atoms with Gasteiger partial charge in [0.25, 0.3) is 5.91 Å². The number of carbonyl (C=O) groups is 3. The molecule has 0 spiro atoms. The summed E-state index contributed by atoms with van der Waals surface area (Å²) >= 11 is 0. The van der Waals surface area contributed by atoms with Crippen molar-refractivity contribution >= 4 is 17.6 Å². The summed E-state index contributed by atoms with van der Waals surface area (Å²) in [6.45, 7) is 1.85. The number of ketones is 1. The summed E-state index contributed by atoms with van der Waals surface area (Å²) in [6.07, 6.45) is 1.33. The molecule has 1 saturated carbocycles. The normalized spacial score (nSPS) is 32.7. The Morgan fingerprint density at radius 3 is 2.55 bits per heavy atom. The van der Waals surface area contributed by atoms with Gasteiger partial charge in [-0.05, 0) is 36.8 Å². The third kappa shape index (κ3) is 3.92. The molecular weight excluding hydrogens is 375 g/mol. The number of carbonyl (C=O) groups excluding carboxylic acids is 3. The average molecular weight is 402 g/mol. The highest BCUT2D eigenvalue weighted by Gasteiger charge is 2.54. The van der Waals surface area contributed by atoms with Crippen molar-refractivity contribution in [1.29, 1.82) is 0 Å². The van der Waals surface area contributed by atoms with Crippen molar-refractivity contribution in [3.8, 4) is 0 Å². The third-order valence-corrected chi connectivity index (χ3v) is 6.53. The van der Waals surface area contributed by atoms with Gasteiger partial charge in [-0.3, -0.25) is 14.4 Å². The fourth-order valence-electron chi connectivity index (χ4n) is 4.82. The smallest absolute Gasteiger partial charge is 0.251 e. The van der Waals surface area contributed by atoms with Crippen molar-refractivity contribution in [3.05, 3.63) is 35.9 Å². The molecule has 0 radical (unpaired) electrons. The second-order valence-electron chi connectivity index (χ2n) is 8.53. The van der Waals surface area contributed by atoms with Crippen LogP contribution in [0.4, 0.5) is 4.39 Å². The van der Waals surface area contributed by atoms with Crippen LogP contribution in [0.1, 0.15) is 43.0 Å². The molecule has 4 atom stereocenters. The average Bonchev–Trinajstić information content (AvgIpc) is 3.28. The topological polar surface area (TPSA) is 75.7 Å². The van der Waals surface area contributed by atoms with E-state index in [1.807, 2.05) is 6.07 Å². The number of rotatable bonds is 4. The van der Waals surface area contributed by atoms with Crippen molar-refractivity contribution in [1.82, 2.24) is 10.2 Å². The molecule has 1 aliphatic carbocycles. The molecule has 3 aliphatic rings. The highest BCUT2D eigenvalue weighted by atomic mass is 19.1. The molecule has 1 unspecified atom stereocenters. The monoisotopic (exact) mass is 402 g/mol. The Morgan fingerprint density at radius 1 is 1.17 bits per heavy atom. The summed E-state index contributed by atoms with van der Waals surface area (Å²) in [5, 5.41) is 2.90. The zero-order valence-corrected chi connectivity index (χ0v) is 16.6. The summed E-state index contributed by atoms with van der Waals surface area (Å²) in [7, 11) is 0. The van der Waals surface area contributed by atoms with E-state index in [1.54, 1.807) is 24.3 Å². The van der Waals surface area contributed by atoms with Gasteiger partial charge in [0.15, 0.2) is 5.78 Å². The Kier molecular flexibility index (Phi) is 5.67. The van der Waals surface area contributed by atoms with Crippen LogP contribution in [0.3, 0.4) is 0 Å². The summed E-state index contributed by atoms with van der Waals surface area (Å²) in [5.74, 6) is -0.412. The maximum absolute atomic E-state index is 14.4. The second kappa shape index (κ2) is 8.22. The zero-order valence-electron chi connectivity index (χ0n) is 16.6. The van der Waals surface area contributed by atoms with E-state index in [2.05, 4.69) is 12.2 Å². The molecule has 7 heteroatoms. The van der Waals surface area contributed by atoms with Crippen LogP contribution >= 0.6 is 0 Å². The minimum Gasteiger partial charge on any atom is -0.365 e. The van der Waals surface area contributed by atoms with Crippen molar-refractivity contribution in [2.24, 2.45) is 11.8 Å². The van der Waals surface area contributed by atoms with Gasteiger partial charge in [-0.1, -0.05) is 38.0 Å². The molecule has 156 valence electrons. The van der Waals surface area contributed by atoms with E-state index in [4.69, 9.17) is 4.74 Å². The Balaban J connectivity index is 1.57. The van der Waals surface area contributed by atoms with E-state index < -0.39 is 24.4 Å². The Morgan fingerprint density at radius 2 is 1.86 bits per heavy atom. The van der Waals surface area contributed by atoms with Crippen LogP contribution in [0.5, 0.6) is 0 Å². The van der Waals surface area contributed by atoms with E-state index in [-0.39, 0.29) is 36.7 Å². The van der Waals surface area contributed by atoms with Crippen LogP contribution in [0.2, 0.25) is 0 Å². The first kappa shape index (κ1) is 20.0. The molecule has 3 fully saturated rings. The maximum Gasteiger partial charge on any atom is 0.251 e. The van der Waals surface area contributed by atoms with Crippen molar-refractivity contribution in [3.63, 3.8) is 0 Å². The number of amides is 2. The molecule has 1 aromatic carbocycles. The second-order valence-corrected chi connectivity index (χ2v) is 8.53. The van der Waals surface area contributed by atoms with Crippen molar-refractivity contribution in [2.45, 2.75) is 57.0 Å².